The van der Waals surface area contributed by atoms with Crippen molar-refractivity contribution in [3.05, 3.63) is 52.2 Å². The summed E-state index contributed by atoms with van der Waals surface area (Å²) in [6.45, 7) is 4.94. The van der Waals surface area contributed by atoms with Gasteiger partial charge in [-0.15, -0.1) is 0 Å². The first-order valence-electron chi connectivity index (χ1n) is 6.76. The molecule has 22 heavy (non-hydrogen) atoms. The van der Waals surface area contributed by atoms with Gasteiger partial charge in [-0.3, -0.25) is 0 Å². The second kappa shape index (κ2) is 6.18. The number of nitrogens with zero attached hydrogens (tertiary/aromatic N) is 1. The Morgan fingerprint density at radius 1 is 1.32 bits per heavy atom. The number of aliphatic hydroxyl groups is 1. The Kier molecular flexibility index (Phi) is 4.67. The van der Waals surface area contributed by atoms with Gasteiger partial charge in [-0.1, -0.05) is 11.2 Å². The first-order chi connectivity index (χ1) is 10.2. The van der Waals surface area contributed by atoms with Crippen molar-refractivity contribution >= 4 is 9.84 Å². The fraction of sp³-hybridized carbons (Fsp3) is 0.400. The van der Waals surface area contributed by atoms with E-state index in [-0.39, 0.29) is 5.75 Å². The molecule has 1 unspecified atom stereocenters. The molecule has 7 heteroatoms. The van der Waals surface area contributed by atoms with Gasteiger partial charge in [0.2, 0.25) is 0 Å². The van der Waals surface area contributed by atoms with Crippen molar-refractivity contribution in [3.8, 4) is 0 Å². The highest BCUT2D eigenvalue weighted by Crippen LogP contribution is 2.23. The second-order valence-electron chi connectivity index (χ2n) is 5.37. The Balaban J connectivity index is 2.18. The SMILES string of the molecule is Cc1cc(F)ccc1C(O)CS(=O)(=O)Cc1c(C)noc1C. The molecule has 1 atom stereocenters. The molecule has 2 rings (SSSR count). The third kappa shape index (κ3) is 3.72. The van der Waals surface area contributed by atoms with Gasteiger partial charge in [0.25, 0.3) is 0 Å². The Morgan fingerprint density at radius 2 is 2.00 bits per heavy atom. The van der Waals surface area contributed by atoms with E-state index in [1.54, 1.807) is 20.8 Å². The summed E-state index contributed by atoms with van der Waals surface area (Å²) in [5.74, 6) is -0.657. The third-order valence-electron chi connectivity index (χ3n) is 3.55. The van der Waals surface area contributed by atoms with Crippen LogP contribution in [-0.2, 0) is 15.6 Å². The molecule has 0 aliphatic rings. The Morgan fingerprint density at radius 3 is 2.55 bits per heavy atom. The van der Waals surface area contributed by atoms with E-state index in [1.807, 2.05) is 0 Å². The van der Waals surface area contributed by atoms with Crippen molar-refractivity contribution in [2.45, 2.75) is 32.6 Å². The van der Waals surface area contributed by atoms with Gasteiger partial charge in [-0.05, 0) is 44.0 Å². The van der Waals surface area contributed by atoms with Gasteiger partial charge in [-0.2, -0.15) is 0 Å². The lowest BCUT2D eigenvalue weighted by atomic mass is 10.0. The van der Waals surface area contributed by atoms with Gasteiger partial charge in [0, 0.05) is 5.56 Å². The monoisotopic (exact) mass is 327 g/mol. The number of aliphatic hydroxyl groups excluding tert-OH is 1. The lowest BCUT2D eigenvalue weighted by molar-refractivity contribution is 0.201. The number of hydrogen-bond donors (Lipinski definition) is 1. The predicted molar refractivity (Wildman–Crippen MR) is 79.6 cm³/mol. The molecule has 0 fully saturated rings. The van der Waals surface area contributed by atoms with Crippen LogP contribution in [0.5, 0.6) is 0 Å². The number of aromatic nitrogens is 1. The van der Waals surface area contributed by atoms with Crippen LogP contribution in [0.4, 0.5) is 4.39 Å². The first-order valence-corrected chi connectivity index (χ1v) is 8.58. The van der Waals surface area contributed by atoms with Gasteiger partial charge < -0.3 is 9.63 Å². The van der Waals surface area contributed by atoms with Gasteiger partial charge in [0.05, 0.1) is 23.3 Å². The number of benzene rings is 1. The molecular weight excluding hydrogens is 309 g/mol. The quantitative estimate of drug-likeness (QED) is 0.912. The molecule has 0 aliphatic heterocycles. The van der Waals surface area contributed by atoms with Gasteiger partial charge in [0.1, 0.15) is 11.6 Å². The maximum absolute atomic E-state index is 13.1. The van der Waals surface area contributed by atoms with E-state index < -0.39 is 27.5 Å². The molecule has 0 amide bonds. The highest BCUT2D eigenvalue weighted by Gasteiger charge is 2.23. The van der Waals surface area contributed by atoms with E-state index in [4.69, 9.17) is 4.52 Å². The van der Waals surface area contributed by atoms with Crippen molar-refractivity contribution in [1.82, 2.24) is 5.16 Å². The van der Waals surface area contributed by atoms with Crippen LogP contribution in [0, 0.1) is 26.6 Å². The van der Waals surface area contributed by atoms with Crippen LogP contribution in [0.3, 0.4) is 0 Å². The lowest BCUT2D eigenvalue weighted by Gasteiger charge is -2.14. The average molecular weight is 327 g/mol. The molecule has 0 saturated heterocycles. The first kappa shape index (κ1) is 16.6. The van der Waals surface area contributed by atoms with Gasteiger partial charge in [-0.25, -0.2) is 12.8 Å². The molecule has 0 bridgehead atoms. The van der Waals surface area contributed by atoms with Crippen LogP contribution >= 0.6 is 0 Å². The van der Waals surface area contributed by atoms with Crippen molar-refractivity contribution < 1.29 is 22.4 Å². The van der Waals surface area contributed by atoms with E-state index >= 15 is 0 Å². The zero-order valence-electron chi connectivity index (χ0n) is 12.6. The average Bonchev–Trinajstić information content (AvgIpc) is 2.69. The molecule has 2 aromatic rings. The fourth-order valence-corrected chi connectivity index (χ4v) is 3.96. The molecule has 1 heterocycles. The van der Waals surface area contributed by atoms with Crippen LogP contribution < -0.4 is 0 Å². The highest BCUT2D eigenvalue weighted by atomic mass is 32.2. The van der Waals surface area contributed by atoms with Crippen molar-refractivity contribution in [1.29, 1.82) is 0 Å². The predicted octanol–water partition coefficient (Wildman–Crippen LogP) is 2.39. The minimum absolute atomic E-state index is 0.245. The number of hydrogen-bond acceptors (Lipinski definition) is 5. The van der Waals surface area contributed by atoms with E-state index in [0.29, 0.717) is 28.1 Å². The molecule has 1 aromatic heterocycles. The molecule has 1 N–H and O–H groups in total. The summed E-state index contributed by atoms with van der Waals surface area (Å²) in [5, 5.41) is 13.9. The van der Waals surface area contributed by atoms with Crippen LogP contribution in [0.15, 0.2) is 22.7 Å². The third-order valence-corrected chi connectivity index (χ3v) is 5.10. The summed E-state index contributed by atoms with van der Waals surface area (Å²) in [4.78, 5) is 0. The van der Waals surface area contributed by atoms with Gasteiger partial charge in [0.15, 0.2) is 9.84 Å². The van der Waals surface area contributed by atoms with Gasteiger partial charge >= 0.3 is 0 Å². The van der Waals surface area contributed by atoms with Crippen LogP contribution in [0.1, 0.15) is 34.2 Å². The molecule has 1 aromatic carbocycles. The van der Waals surface area contributed by atoms with E-state index in [2.05, 4.69) is 5.16 Å². The van der Waals surface area contributed by atoms with E-state index in [0.717, 1.165) is 0 Å². The number of sulfone groups is 1. The summed E-state index contributed by atoms with van der Waals surface area (Å²) >= 11 is 0. The minimum atomic E-state index is -3.57. The molecule has 120 valence electrons. The normalized spacial score (nSPS) is 13.3. The van der Waals surface area contributed by atoms with Crippen LogP contribution in [0.25, 0.3) is 0 Å². The molecule has 0 radical (unpaired) electrons. The van der Waals surface area contributed by atoms with Crippen LogP contribution in [0.2, 0.25) is 0 Å². The smallest absolute Gasteiger partial charge is 0.157 e. The zero-order chi connectivity index (χ0) is 16.5. The topological polar surface area (TPSA) is 80.4 Å². The van der Waals surface area contributed by atoms with Crippen LogP contribution in [-0.4, -0.2) is 24.4 Å². The van der Waals surface area contributed by atoms with Crippen molar-refractivity contribution in [2.75, 3.05) is 5.75 Å². The largest absolute Gasteiger partial charge is 0.387 e. The molecule has 0 aliphatic carbocycles. The molecular formula is C15H18FNO4S. The Labute approximate surface area is 128 Å². The maximum atomic E-state index is 13.1. The molecule has 0 spiro atoms. The molecule has 5 nitrogen and oxygen atoms in total. The minimum Gasteiger partial charge on any atom is -0.387 e. The zero-order valence-corrected chi connectivity index (χ0v) is 13.4. The standard InChI is InChI=1S/C15H18FNO4S/c1-9-6-12(16)4-5-13(9)15(18)8-22(19,20)7-14-10(2)17-21-11(14)3/h4-6,15,18H,7-8H2,1-3H3. The summed E-state index contributed by atoms with van der Waals surface area (Å²) in [5.41, 5.74) is 1.96. The van der Waals surface area contributed by atoms with Crippen molar-refractivity contribution in [2.24, 2.45) is 0 Å². The summed E-state index contributed by atoms with van der Waals surface area (Å²) in [6, 6.07) is 3.87. The fourth-order valence-electron chi connectivity index (χ4n) is 2.33. The van der Waals surface area contributed by atoms with E-state index in [9.17, 15) is 17.9 Å². The molecule has 0 saturated carbocycles. The Bertz CT molecular complexity index is 763. The summed E-state index contributed by atoms with van der Waals surface area (Å²) in [7, 11) is -3.57. The number of rotatable bonds is 5. The lowest BCUT2D eigenvalue weighted by Crippen LogP contribution is -2.17. The maximum Gasteiger partial charge on any atom is 0.157 e. The van der Waals surface area contributed by atoms with E-state index in [1.165, 1.54) is 18.2 Å². The Hall–Kier alpha value is -1.73. The van der Waals surface area contributed by atoms with Crippen molar-refractivity contribution in [3.63, 3.8) is 0 Å². The summed E-state index contributed by atoms with van der Waals surface area (Å²) in [6.07, 6.45) is -1.20. The highest BCUT2D eigenvalue weighted by molar-refractivity contribution is 7.90. The second-order valence-corrected chi connectivity index (χ2v) is 7.48. The summed E-state index contributed by atoms with van der Waals surface area (Å²) < 4.78 is 42.5. The number of halogens is 1. The number of aryl methyl sites for hydroxylation is 3.